The second-order valence-electron chi connectivity index (χ2n) is 5.43. The smallest absolute Gasteiger partial charge is 0.317 e. The van der Waals surface area contributed by atoms with Gasteiger partial charge in [-0.05, 0) is 50.6 Å². The zero-order chi connectivity index (χ0) is 20.6. The molecule has 29 heavy (non-hydrogen) atoms. The Balaban J connectivity index is 1.47. The van der Waals surface area contributed by atoms with Gasteiger partial charge in [0.05, 0.1) is 17.1 Å². The van der Waals surface area contributed by atoms with Crippen molar-refractivity contribution in [3.8, 4) is 5.69 Å². The first kappa shape index (κ1) is 20.5. The van der Waals surface area contributed by atoms with Crippen molar-refractivity contribution >= 4 is 51.1 Å². The Morgan fingerprint density at radius 1 is 0.966 bits per heavy atom. The highest BCUT2D eigenvalue weighted by Crippen LogP contribution is 2.21. The van der Waals surface area contributed by atoms with Gasteiger partial charge in [0.2, 0.25) is 11.1 Å². The van der Waals surface area contributed by atoms with Gasteiger partial charge in [-0.1, -0.05) is 42.1 Å². The number of aromatic nitrogens is 4. The fraction of sp³-hybridized carbons (Fsp3) is 0.0588. The Morgan fingerprint density at radius 3 is 2.45 bits per heavy atom. The Kier molecular flexibility index (Phi) is 6.92. The average molecular weight is 476 g/mol. The van der Waals surface area contributed by atoms with Gasteiger partial charge in [-0.15, -0.1) is 5.10 Å². The molecule has 0 saturated heterocycles. The molecule has 0 unspecified atom stereocenters. The number of hydrogen-bond donors (Lipinski definition) is 3. The SMILES string of the molecule is O=C(CSc1nnnn1-c1ccccc1)NNC(=O)C(=O)Nc1ccccc1Br. The minimum absolute atomic E-state index is 0.0701. The predicted molar refractivity (Wildman–Crippen MR) is 109 cm³/mol. The minimum Gasteiger partial charge on any atom is -0.317 e. The molecule has 3 N–H and O–H groups in total. The summed E-state index contributed by atoms with van der Waals surface area (Å²) in [7, 11) is 0. The van der Waals surface area contributed by atoms with Gasteiger partial charge in [0.1, 0.15) is 0 Å². The molecule has 1 heterocycles. The van der Waals surface area contributed by atoms with Gasteiger partial charge >= 0.3 is 11.8 Å². The molecule has 0 aliphatic heterocycles. The molecule has 0 aliphatic rings. The lowest BCUT2D eigenvalue weighted by Crippen LogP contribution is -2.47. The Morgan fingerprint density at radius 2 is 1.69 bits per heavy atom. The van der Waals surface area contributed by atoms with Crippen molar-refractivity contribution in [1.82, 2.24) is 31.1 Å². The number of halogens is 1. The summed E-state index contributed by atoms with van der Waals surface area (Å²) in [6.45, 7) is 0. The quantitative estimate of drug-likeness (QED) is 0.288. The fourth-order valence-electron chi connectivity index (χ4n) is 2.09. The molecule has 0 fully saturated rings. The van der Waals surface area contributed by atoms with Crippen molar-refractivity contribution < 1.29 is 14.4 Å². The Bertz CT molecular complexity index is 1030. The van der Waals surface area contributed by atoms with Gasteiger partial charge in [0.15, 0.2) is 0 Å². The molecule has 0 atom stereocenters. The number of nitrogens with zero attached hydrogens (tertiary/aromatic N) is 4. The molecule has 3 aromatic rings. The molecule has 0 spiro atoms. The number of rotatable bonds is 5. The van der Waals surface area contributed by atoms with E-state index in [1.165, 1.54) is 4.68 Å². The third-order valence-corrected chi connectivity index (χ3v) is 5.03. The van der Waals surface area contributed by atoms with Gasteiger partial charge in [0, 0.05) is 4.47 Å². The van der Waals surface area contributed by atoms with Crippen LogP contribution < -0.4 is 16.2 Å². The molecular weight excluding hydrogens is 462 g/mol. The lowest BCUT2D eigenvalue weighted by Gasteiger charge is -2.09. The molecule has 0 radical (unpaired) electrons. The number of nitrogens with one attached hydrogen (secondary N) is 3. The molecule has 148 valence electrons. The maximum absolute atomic E-state index is 12.0. The zero-order valence-corrected chi connectivity index (χ0v) is 17.1. The van der Waals surface area contributed by atoms with Gasteiger partial charge in [0.25, 0.3) is 0 Å². The van der Waals surface area contributed by atoms with Crippen molar-refractivity contribution in [2.75, 3.05) is 11.1 Å². The molecule has 1 aromatic heterocycles. The standard InChI is InChI=1S/C17H14BrN7O3S/c18-12-8-4-5-9-13(12)19-15(27)16(28)21-20-14(26)10-29-17-22-23-24-25(17)11-6-2-1-3-7-11/h1-9H,10H2,(H,19,27)(H,20,26)(H,21,28). The largest absolute Gasteiger partial charge is 0.328 e. The third-order valence-electron chi connectivity index (χ3n) is 3.42. The molecule has 3 rings (SSSR count). The summed E-state index contributed by atoms with van der Waals surface area (Å²) in [6, 6.07) is 16.0. The first-order valence-electron chi connectivity index (χ1n) is 8.16. The van der Waals surface area contributed by atoms with Crippen LogP contribution in [-0.2, 0) is 14.4 Å². The summed E-state index contributed by atoms with van der Waals surface area (Å²) in [4.78, 5) is 35.7. The molecule has 12 heteroatoms. The summed E-state index contributed by atoms with van der Waals surface area (Å²) >= 11 is 4.34. The van der Waals surface area contributed by atoms with Crippen LogP contribution in [0.25, 0.3) is 5.69 Å². The van der Waals surface area contributed by atoms with Crippen molar-refractivity contribution in [2.24, 2.45) is 0 Å². The van der Waals surface area contributed by atoms with Crippen molar-refractivity contribution in [2.45, 2.75) is 5.16 Å². The van der Waals surface area contributed by atoms with E-state index in [0.717, 1.165) is 17.4 Å². The lowest BCUT2D eigenvalue weighted by atomic mass is 10.3. The van der Waals surface area contributed by atoms with Crippen LogP contribution in [0.1, 0.15) is 0 Å². The van der Waals surface area contributed by atoms with Crippen molar-refractivity contribution in [3.05, 3.63) is 59.1 Å². The monoisotopic (exact) mass is 475 g/mol. The van der Waals surface area contributed by atoms with Gasteiger partial charge in [-0.3, -0.25) is 25.2 Å². The number of carbonyl (C=O) groups excluding carboxylic acids is 3. The molecule has 0 bridgehead atoms. The second-order valence-corrected chi connectivity index (χ2v) is 7.23. The van der Waals surface area contributed by atoms with Crippen LogP contribution in [0.2, 0.25) is 0 Å². The van der Waals surface area contributed by atoms with Crippen LogP contribution in [0, 0.1) is 0 Å². The maximum atomic E-state index is 12.0. The number of anilines is 1. The average Bonchev–Trinajstić information content (AvgIpc) is 3.21. The minimum atomic E-state index is -1.01. The zero-order valence-electron chi connectivity index (χ0n) is 14.7. The highest BCUT2D eigenvalue weighted by molar-refractivity contribution is 9.10. The van der Waals surface area contributed by atoms with E-state index in [4.69, 9.17) is 0 Å². The van der Waals surface area contributed by atoms with Crippen LogP contribution in [0.15, 0.2) is 64.2 Å². The van der Waals surface area contributed by atoms with Crippen LogP contribution in [0.4, 0.5) is 5.69 Å². The molecule has 2 aromatic carbocycles. The summed E-state index contributed by atoms with van der Waals surface area (Å²) in [5.74, 6) is -2.52. The first-order valence-corrected chi connectivity index (χ1v) is 9.94. The van der Waals surface area contributed by atoms with E-state index in [1.807, 2.05) is 30.3 Å². The number of benzene rings is 2. The van der Waals surface area contributed by atoms with Crippen LogP contribution in [0.5, 0.6) is 0 Å². The normalized spacial score (nSPS) is 10.2. The van der Waals surface area contributed by atoms with Crippen LogP contribution in [-0.4, -0.2) is 43.7 Å². The van der Waals surface area contributed by atoms with E-state index in [1.54, 1.807) is 24.3 Å². The van der Waals surface area contributed by atoms with E-state index in [-0.39, 0.29) is 5.75 Å². The number of hydrazine groups is 1. The summed E-state index contributed by atoms with van der Waals surface area (Å²) < 4.78 is 2.11. The number of para-hydroxylation sites is 2. The molecule has 3 amide bonds. The van der Waals surface area contributed by atoms with E-state index >= 15 is 0 Å². The summed E-state index contributed by atoms with van der Waals surface area (Å²) in [5, 5.41) is 14.2. The van der Waals surface area contributed by atoms with Gasteiger partial charge in [-0.25, -0.2) is 0 Å². The number of thioether (sulfide) groups is 1. The van der Waals surface area contributed by atoms with Crippen LogP contribution >= 0.6 is 27.7 Å². The van der Waals surface area contributed by atoms with Crippen molar-refractivity contribution in [3.63, 3.8) is 0 Å². The Labute approximate surface area is 177 Å². The van der Waals surface area contributed by atoms with E-state index < -0.39 is 17.7 Å². The highest BCUT2D eigenvalue weighted by Gasteiger charge is 2.16. The number of carbonyl (C=O) groups is 3. The summed E-state index contributed by atoms with van der Waals surface area (Å²) in [6.07, 6.45) is 0. The van der Waals surface area contributed by atoms with Crippen LogP contribution in [0.3, 0.4) is 0 Å². The van der Waals surface area contributed by atoms with E-state index in [0.29, 0.717) is 15.3 Å². The van der Waals surface area contributed by atoms with Crippen molar-refractivity contribution in [1.29, 1.82) is 0 Å². The topological polar surface area (TPSA) is 131 Å². The Hall–Kier alpha value is -3.25. The fourth-order valence-corrected chi connectivity index (χ4v) is 3.17. The van der Waals surface area contributed by atoms with Gasteiger partial charge in [-0.2, -0.15) is 4.68 Å². The molecule has 0 aliphatic carbocycles. The molecule has 0 saturated carbocycles. The number of amides is 3. The molecular formula is C17H14BrN7O3S. The van der Waals surface area contributed by atoms with Gasteiger partial charge < -0.3 is 5.32 Å². The first-order chi connectivity index (χ1) is 14.0. The summed E-state index contributed by atoms with van der Waals surface area (Å²) in [5.41, 5.74) is 5.42. The second kappa shape index (κ2) is 9.80. The van der Waals surface area contributed by atoms with E-state index in [2.05, 4.69) is 47.6 Å². The highest BCUT2D eigenvalue weighted by atomic mass is 79.9. The number of tetrazole rings is 1. The third kappa shape index (κ3) is 5.62. The maximum Gasteiger partial charge on any atom is 0.328 e. The van der Waals surface area contributed by atoms with E-state index in [9.17, 15) is 14.4 Å². The lowest BCUT2D eigenvalue weighted by molar-refractivity contribution is -0.138. The number of hydrogen-bond acceptors (Lipinski definition) is 7. The predicted octanol–water partition coefficient (Wildman–Crippen LogP) is 1.30. The molecule has 10 nitrogen and oxygen atoms in total.